The number of ether oxygens (including phenoxy) is 1. The van der Waals surface area contributed by atoms with Gasteiger partial charge >= 0.3 is 5.97 Å². The Bertz CT molecular complexity index is 943. The summed E-state index contributed by atoms with van der Waals surface area (Å²) in [5.41, 5.74) is 3.66. The van der Waals surface area contributed by atoms with Crippen LogP contribution in [0.25, 0.3) is 10.9 Å². The number of aromatic amines is 1. The first-order valence-corrected chi connectivity index (χ1v) is 7.45. The molecule has 0 radical (unpaired) electrons. The number of nitro groups is 1. The van der Waals surface area contributed by atoms with Crippen LogP contribution in [-0.2, 0) is 11.3 Å². The maximum atomic E-state index is 12.2. The Balaban J connectivity index is 1.81. The number of carbonyl (C=O) groups excluding carboxylic acids is 1. The summed E-state index contributed by atoms with van der Waals surface area (Å²) < 4.78 is 5.23. The van der Waals surface area contributed by atoms with Gasteiger partial charge in [-0.25, -0.2) is 4.79 Å². The van der Waals surface area contributed by atoms with E-state index in [9.17, 15) is 14.9 Å². The van der Waals surface area contributed by atoms with E-state index in [0.717, 1.165) is 22.0 Å². The number of carbonyl (C=O) groups is 1. The molecule has 0 amide bonds. The van der Waals surface area contributed by atoms with Gasteiger partial charge in [0, 0.05) is 17.0 Å². The third-order valence-electron chi connectivity index (χ3n) is 3.86. The molecule has 2 aromatic carbocycles. The first kappa shape index (κ1) is 15.7. The maximum Gasteiger partial charge on any atom is 0.355 e. The fourth-order valence-corrected chi connectivity index (χ4v) is 2.74. The van der Waals surface area contributed by atoms with E-state index in [-0.39, 0.29) is 12.3 Å². The van der Waals surface area contributed by atoms with Gasteiger partial charge in [-0.1, -0.05) is 18.2 Å². The van der Waals surface area contributed by atoms with Gasteiger partial charge in [-0.05, 0) is 43.2 Å². The van der Waals surface area contributed by atoms with Crippen LogP contribution in [0, 0.1) is 24.0 Å². The Labute approximate surface area is 138 Å². The molecule has 24 heavy (non-hydrogen) atoms. The van der Waals surface area contributed by atoms with Crippen LogP contribution in [0.15, 0.2) is 42.5 Å². The van der Waals surface area contributed by atoms with Crippen LogP contribution in [0.5, 0.6) is 0 Å². The number of hydrogen-bond donors (Lipinski definition) is 1. The Hall–Kier alpha value is -3.15. The van der Waals surface area contributed by atoms with Crippen molar-refractivity contribution in [2.45, 2.75) is 20.5 Å². The second kappa shape index (κ2) is 6.16. The molecule has 0 unspecified atom stereocenters. The van der Waals surface area contributed by atoms with Gasteiger partial charge in [0.2, 0.25) is 0 Å². The molecule has 0 aliphatic rings. The van der Waals surface area contributed by atoms with Crippen LogP contribution >= 0.6 is 0 Å². The second-order valence-corrected chi connectivity index (χ2v) is 5.69. The molecule has 1 aromatic heterocycles. The van der Waals surface area contributed by atoms with Gasteiger partial charge in [0.25, 0.3) is 5.69 Å². The van der Waals surface area contributed by atoms with Crippen molar-refractivity contribution in [2.24, 2.45) is 0 Å². The normalized spacial score (nSPS) is 10.8. The fourth-order valence-electron chi connectivity index (χ4n) is 2.74. The van der Waals surface area contributed by atoms with Crippen molar-refractivity contribution in [1.29, 1.82) is 0 Å². The first-order chi connectivity index (χ1) is 11.5. The third-order valence-corrected chi connectivity index (χ3v) is 3.86. The predicted molar refractivity (Wildman–Crippen MR) is 90.0 cm³/mol. The minimum Gasteiger partial charge on any atom is -0.456 e. The number of nitro benzene ring substituents is 1. The number of rotatable bonds is 4. The number of benzene rings is 2. The Morgan fingerprint density at radius 2 is 1.96 bits per heavy atom. The van der Waals surface area contributed by atoms with Gasteiger partial charge in [-0.15, -0.1) is 0 Å². The lowest BCUT2D eigenvalue weighted by molar-refractivity contribution is -0.385. The van der Waals surface area contributed by atoms with Crippen LogP contribution < -0.4 is 0 Å². The van der Waals surface area contributed by atoms with Crippen LogP contribution in [0.3, 0.4) is 0 Å². The Morgan fingerprint density at radius 3 is 2.71 bits per heavy atom. The Kier molecular flexibility index (Phi) is 4.04. The number of aromatic nitrogens is 1. The molecular formula is C18H16N2O4. The summed E-state index contributed by atoms with van der Waals surface area (Å²) in [6.45, 7) is 3.81. The maximum absolute atomic E-state index is 12.2. The summed E-state index contributed by atoms with van der Waals surface area (Å²) in [5.74, 6) is -0.540. The van der Waals surface area contributed by atoms with Crippen molar-refractivity contribution in [3.63, 3.8) is 0 Å². The van der Waals surface area contributed by atoms with Crippen LogP contribution in [-0.4, -0.2) is 15.9 Å². The minimum atomic E-state index is -0.540. The molecule has 122 valence electrons. The molecule has 0 fully saturated rings. The smallest absolute Gasteiger partial charge is 0.355 e. The highest BCUT2D eigenvalue weighted by Gasteiger charge is 2.16. The quantitative estimate of drug-likeness (QED) is 0.446. The third kappa shape index (κ3) is 2.99. The van der Waals surface area contributed by atoms with Crippen LogP contribution in [0.2, 0.25) is 0 Å². The molecule has 0 atom stereocenters. The highest BCUT2D eigenvalue weighted by molar-refractivity contribution is 5.96. The van der Waals surface area contributed by atoms with Crippen LogP contribution in [0.4, 0.5) is 5.69 Å². The average Bonchev–Trinajstić information content (AvgIpc) is 2.97. The van der Waals surface area contributed by atoms with Crippen molar-refractivity contribution in [1.82, 2.24) is 4.98 Å². The zero-order valence-corrected chi connectivity index (χ0v) is 13.3. The summed E-state index contributed by atoms with van der Waals surface area (Å²) >= 11 is 0. The van der Waals surface area contributed by atoms with Crippen molar-refractivity contribution in [2.75, 3.05) is 0 Å². The van der Waals surface area contributed by atoms with Gasteiger partial charge in [-0.3, -0.25) is 10.1 Å². The number of H-pyrrole nitrogens is 1. The SMILES string of the molecule is Cc1cc(C)c2cc(C(=O)OCc3ccccc3[N+](=O)[O-])[nH]c2c1. The Morgan fingerprint density at radius 1 is 1.21 bits per heavy atom. The van der Waals surface area contributed by atoms with Crippen molar-refractivity contribution < 1.29 is 14.5 Å². The zero-order chi connectivity index (χ0) is 17.3. The highest BCUT2D eigenvalue weighted by Crippen LogP contribution is 2.23. The van der Waals surface area contributed by atoms with Crippen molar-refractivity contribution in [3.05, 3.63) is 75.0 Å². The summed E-state index contributed by atoms with van der Waals surface area (Å²) in [6, 6.07) is 11.9. The lowest BCUT2D eigenvalue weighted by Gasteiger charge is -2.04. The van der Waals surface area contributed by atoms with E-state index < -0.39 is 10.9 Å². The van der Waals surface area contributed by atoms with E-state index in [1.54, 1.807) is 24.3 Å². The number of nitrogens with one attached hydrogen (secondary N) is 1. The molecule has 0 saturated heterocycles. The van der Waals surface area contributed by atoms with E-state index in [1.165, 1.54) is 6.07 Å². The molecule has 6 heteroatoms. The first-order valence-electron chi connectivity index (χ1n) is 7.45. The molecule has 6 nitrogen and oxygen atoms in total. The van der Waals surface area contributed by atoms with Crippen LogP contribution in [0.1, 0.15) is 27.2 Å². The van der Waals surface area contributed by atoms with Gasteiger partial charge in [0.15, 0.2) is 0 Å². The molecule has 0 aliphatic heterocycles. The standard InChI is InChI=1S/C18H16N2O4/c1-11-7-12(2)14-9-16(19-15(14)8-11)18(21)24-10-13-5-3-4-6-17(13)20(22)23/h3-9,19H,10H2,1-2H3. The molecule has 3 aromatic rings. The number of nitrogens with zero attached hydrogens (tertiary/aromatic N) is 1. The molecular weight excluding hydrogens is 308 g/mol. The fraction of sp³-hybridized carbons (Fsp3) is 0.167. The second-order valence-electron chi connectivity index (χ2n) is 5.69. The molecule has 0 spiro atoms. The lowest BCUT2D eigenvalue weighted by Crippen LogP contribution is -2.06. The summed E-state index contributed by atoms with van der Waals surface area (Å²) in [7, 11) is 0. The number of fused-ring (bicyclic) bond motifs is 1. The zero-order valence-electron chi connectivity index (χ0n) is 13.3. The van der Waals surface area contributed by atoms with E-state index in [2.05, 4.69) is 4.98 Å². The molecule has 1 N–H and O–H groups in total. The van der Waals surface area contributed by atoms with Gasteiger partial charge in [0.1, 0.15) is 12.3 Å². The minimum absolute atomic E-state index is 0.0617. The number of hydrogen-bond acceptors (Lipinski definition) is 4. The van der Waals surface area contributed by atoms with E-state index >= 15 is 0 Å². The molecule has 0 saturated carbocycles. The summed E-state index contributed by atoms with van der Waals surface area (Å²) in [6.07, 6.45) is 0. The monoisotopic (exact) mass is 324 g/mol. The molecule has 0 bridgehead atoms. The number of esters is 1. The number of aryl methyl sites for hydroxylation is 2. The number of para-hydroxylation sites is 1. The lowest BCUT2D eigenvalue weighted by atomic mass is 10.1. The van der Waals surface area contributed by atoms with E-state index in [4.69, 9.17) is 4.74 Å². The van der Waals surface area contributed by atoms with E-state index in [0.29, 0.717) is 11.3 Å². The van der Waals surface area contributed by atoms with Gasteiger partial charge in [0.05, 0.1) is 10.5 Å². The topological polar surface area (TPSA) is 85.2 Å². The average molecular weight is 324 g/mol. The predicted octanol–water partition coefficient (Wildman–Crippen LogP) is 4.05. The van der Waals surface area contributed by atoms with Crippen molar-refractivity contribution >= 4 is 22.6 Å². The molecule has 0 aliphatic carbocycles. The highest BCUT2D eigenvalue weighted by atomic mass is 16.6. The summed E-state index contributed by atoms with van der Waals surface area (Å²) in [4.78, 5) is 25.8. The molecule has 3 rings (SSSR count). The summed E-state index contributed by atoms with van der Waals surface area (Å²) in [5, 5.41) is 11.9. The van der Waals surface area contributed by atoms with Gasteiger partial charge in [-0.2, -0.15) is 0 Å². The van der Waals surface area contributed by atoms with E-state index in [1.807, 2.05) is 26.0 Å². The van der Waals surface area contributed by atoms with Crippen molar-refractivity contribution in [3.8, 4) is 0 Å². The largest absolute Gasteiger partial charge is 0.456 e. The van der Waals surface area contributed by atoms with Gasteiger partial charge < -0.3 is 9.72 Å². The molecule has 1 heterocycles.